The predicted octanol–water partition coefficient (Wildman–Crippen LogP) is 4.44. The van der Waals surface area contributed by atoms with Gasteiger partial charge in [0.2, 0.25) is 5.91 Å². The molecule has 3 aromatic carbocycles. The minimum Gasteiger partial charge on any atom is -0.495 e. The molecule has 0 aromatic heterocycles. The van der Waals surface area contributed by atoms with E-state index in [2.05, 4.69) is 20.4 Å². The van der Waals surface area contributed by atoms with Crippen LogP contribution in [-0.2, 0) is 11.3 Å². The Labute approximate surface area is 210 Å². The van der Waals surface area contributed by atoms with Gasteiger partial charge in [0.25, 0.3) is 5.91 Å². The number of nitrogens with zero attached hydrogens (tertiary/aromatic N) is 2. The summed E-state index contributed by atoms with van der Waals surface area (Å²) in [6.07, 6.45) is 0.346. The molecule has 0 aliphatic carbocycles. The Balaban J connectivity index is 1.52. The first-order valence-corrected chi connectivity index (χ1v) is 12.1. The maximum atomic E-state index is 13.3. The van der Waals surface area contributed by atoms with Gasteiger partial charge in [-0.05, 0) is 48.0 Å². The molecule has 0 unspecified atom stereocenters. The largest absolute Gasteiger partial charge is 0.495 e. The second-order valence-corrected chi connectivity index (χ2v) is 8.59. The average Bonchev–Trinajstić information content (AvgIpc) is 2.92. The van der Waals surface area contributed by atoms with E-state index in [0.29, 0.717) is 17.7 Å². The van der Waals surface area contributed by atoms with Crippen molar-refractivity contribution in [1.29, 1.82) is 0 Å². The quantitative estimate of drug-likeness (QED) is 0.489. The number of amides is 2. The van der Waals surface area contributed by atoms with E-state index >= 15 is 0 Å². The summed E-state index contributed by atoms with van der Waals surface area (Å²) in [7, 11) is 1.67. The second-order valence-electron chi connectivity index (χ2n) is 8.59. The number of rotatable bonds is 8. The van der Waals surface area contributed by atoms with Crippen LogP contribution in [0.25, 0.3) is 0 Å². The third-order valence-electron chi connectivity index (χ3n) is 6.26. The van der Waals surface area contributed by atoms with E-state index in [1.54, 1.807) is 32.2 Å². The number of ether oxygens (including phenoxy) is 1. The molecule has 0 atom stereocenters. The number of benzene rings is 3. The molecule has 1 fully saturated rings. The summed E-state index contributed by atoms with van der Waals surface area (Å²) in [5.41, 5.74) is 3.71. The highest BCUT2D eigenvalue weighted by molar-refractivity contribution is 6.02. The fourth-order valence-electron chi connectivity index (χ4n) is 4.28. The van der Waals surface area contributed by atoms with E-state index in [1.165, 1.54) is 12.1 Å². The Bertz CT molecular complexity index is 1210. The van der Waals surface area contributed by atoms with Crippen molar-refractivity contribution in [3.05, 3.63) is 83.7 Å². The van der Waals surface area contributed by atoms with Crippen molar-refractivity contribution in [2.45, 2.75) is 19.9 Å². The fraction of sp³-hybridized carbons (Fsp3) is 0.286. The topological polar surface area (TPSA) is 73.9 Å². The number of hydrogen-bond donors (Lipinski definition) is 2. The zero-order valence-electron chi connectivity index (χ0n) is 20.6. The van der Waals surface area contributed by atoms with E-state index in [1.807, 2.05) is 36.4 Å². The number of para-hydroxylation sites is 2. The Morgan fingerprint density at radius 2 is 1.58 bits per heavy atom. The minimum absolute atomic E-state index is 0.120. The molecule has 188 valence electrons. The molecule has 4 rings (SSSR count). The maximum absolute atomic E-state index is 13.3. The molecule has 0 radical (unpaired) electrons. The minimum atomic E-state index is -0.320. The highest BCUT2D eigenvalue weighted by Gasteiger charge is 2.23. The summed E-state index contributed by atoms with van der Waals surface area (Å²) in [5.74, 6) is 0.141. The SMILES string of the molecule is CCC(=O)Nc1ccc(N2CCN(c3ccccc3OC)CC2)c(C(=O)NCc2ccc(F)cc2)c1. The van der Waals surface area contributed by atoms with Crippen LogP contribution in [0.1, 0.15) is 29.3 Å². The van der Waals surface area contributed by atoms with E-state index in [-0.39, 0.29) is 24.2 Å². The van der Waals surface area contributed by atoms with Gasteiger partial charge >= 0.3 is 0 Å². The van der Waals surface area contributed by atoms with Crippen molar-refractivity contribution >= 4 is 28.9 Å². The van der Waals surface area contributed by atoms with Crippen LogP contribution in [0.5, 0.6) is 5.75 Å². The summed E-state index contributed by atoms with van der Waals surface area (Å²) in [6.45, 7) is 5.03. The summed E-state index contributed by atoms with van der Waals surface area (Å²) >= 11 is 0. The maximum Gasteiger partial charge on any atom is 0.253 e. The first-order valence-electron chi connectivity index (χ1n) is 12.1. The zero-order valence-corrected chi connectivity index (χ0v) is 20.6. The summed E-state index contributed by atoms with van der Waals surface area (Å²) in [4.78, 5) is 29.7. The first kappa shape index (κ1) is 25.0. The van der Waals surface area contributed by atoms with E-state index < -0.39 is 0 Å². The van der Waals surface area contributed by atoms with Gasteiger partial charge in [0.15, 0.2) is 0 Å². The van der Waals surface area contributed by atoms with Crippen LogP contribution in [0.4, 0.5) is 21.5 Å². The van der Waals surface area contributed by atoms with Crippen LogP contribution in [0.3, 0.4) is 0 Å². The van der Waals surface area contributed by atoms with Gasteiger partial charge in [-0.15, -0.1) is 0 Å². The van der Waals surface area contributed by atoms with Crippen molar-refractivity contribution in [3.8, 4) is 5.75 Å². The number of piperazine rings is 1. The lowest BCUT2D eigenvalue weighted by atomic mass is 10.1. The molecule has 1 heterocycles. The molecule has 0 saturated carbocycles. The highest BCUT2D eigenvalue weighted by Crippen LogP contribution is 2.31. The lowest BCUT2D eigenvalue weighted by molar-refractivity contribution is -0.115. The lowest BCUT2D eigenvalue weighted by Crippen LogP contribution is -2.47. The van der Waals surface area contributed by atoms with Crippen LogP contribution in [-0.4, -0.2) is 45.1 Å². The van der Waals surface area contributed by atoms with Crippen LogP contribution in [0.15, 0.2) is 66.7 Å². The number of nitrogens with one attached hydrogen (secondary N) is 2. The van der Waals surface area contributed by atoms with Gasteiger partial charge in [-0.2, -0.15) is 0 Å². The van der Waals surface area contributed by atoms with Crippen molar-refractivity contribution < 1.29 is 18.7 Å². The molecular weight excluding hydrogens is 459 g/mol. The third-order valence-corrected chi connectivity index (χ3v) is 6.26. The molecule has 3 aromatic rings. The molecular formula is C28H31FN4O3. The Morgan fingerprint density at radius 1 is 0.917 bits per heavy atom. The molecule has 1 aliphatic rings. The monoisotopic (exact) mass is 490 g/mol. The van der Waals surface area contributed by atoms with E-state index in [4.69, 9.17) is 4.74 Å². The number of halogens is 1. The standard InChI is InChI=1S/C28H31FN4O3/c1-3-27(34)31-22-12-13-24(23(18-22)28(35)30-19-20-8-10-21(29)11-9-20)32-14-16-33(17-15-32)25-6-4-5-7-26(25)36-2/h4-13,18H,3,14-17,19H2,1-2H3,(H,30,35)(H,31,34). The highest BCUT2D eigenvalue weighted by atomic mass is 19.1. The lowest BCUT2D eigenvalue weighted by Gasteiger charge is -2.38. The molecule has 2 amide bonds. The van der Waals surface area contributed by atoms with Gasteiger partial charge in [-0.25, -0.2) is 4.39 Å². The second kappa shape index (κ2) is 11.6. The molecule has 36 heavy (non-hydrogen) atoms. The number of carbonyl (C=O) groups is 2. The normalized spacial score (nSPS) is 13.3. The van der Waals surface area contributed by atoms with Crippen LogP contribution in [0.2, 0.25) is 0 Å². The van der Waals surface area contributed by atoms with Crippen molar-refractivity contribution in [2.24, 2.45) is 0 Å². The summed E-state index contributed by atoms with van der Waals surface area (Å²) in [6, 6.07) is 19.4. The smallest absolute Gasteiger partial charge is 0.253 e. The Kier molecular flexibility index (Phi) is 8.05. The van der Waals surface area contributed by atoms with Gasteiger partial charge in [-0.1, -0.05) is 31.2 Å². The van der Waals surface area contributed by atoms with Gasteiger partial charge in [0.05, 0.1) is 18.4 Å². The summed E-state index contributed by atoms with van der Waals surface area (Å²) in [5, 5.41) is 5.77. The van der Waals surface area contributed by atoms with Crippen LogP contribution in [0, 0.1) is 5.82 Å². The van der Waals surface area contributed by atoms with Crippen LogP contribution >= 0.6 is 0 Å². The molecule has 1 saturated heterocycles. The molecule has 0 spiro atoms. The molecule has 7 nitrogen and oxygen atoms in total. The number of hydrogen-bond acceptors (Lipinski definition) is 5. The van der Waals surface area contributed by atoms with Crippen molar-refractivity contribution in [2.75, 3.05) is 48.4 Å². The molecule has 8 heteroatoms. The molecule has 2 N–H and O–H groups in total. The summed E-state index contributed by atoms with van der Waals surface area (Å²) < 4.78 is 18.7. The van der Waals surface area contributed by atoms with E-state index in [9.17, 15) is 14.0 Å². The van der Waals surface area contributed by atoms with Crippen molar-refractivity contribution in [3.63, 3.8) is 0 Å². The Morgan fingerprint density at radius 3 is 2.25 bits per heavy atom. The Hall–Kier alpha value is -4.07. The molecule has 0 bridgehead atoms. The van der Waals surface area contributed by atoms with Crippen LogP contribution < -0.4 is 25.2 Å². The van der Waals surface area contributed by atoms with E-state index in [0.717, 1.165) is 48.9 Å². The average molecular weight is 491 g/mol. The van der Waals surface area contributed by atoms with Gasteiger partial charge in [0, 0.05) is 50.5 Å². The van der Waals surface area contributed by atoms with Crippen molar-refractivity contribution in [1.82, 2.24) is 5.32 Å². The fourth-order valence-corrected chi connectivity index (χ4v) is 4.28. The zero-order chi connectivity index (χ0) is 25.5. The number of methoxy groups -OCH3 is 1. The predicted molar refractivity (Wildman–Crippen MR) is 140 cm³/mol. The van der Waals surface area contributed by atoms with Gasteiger partial charge < -0.3 is 25.2 Å². The van der Waals surface area contributed by atoms with Gasteiger partial charge in [0.1, 0.15) is 11.6 Å². The molecule has 1 aliphatic heterocycles. The first-order chi connectivity index (χ1) is 17.5. The number of carbonyl (C=O) groups excluding carboxylic acids is 2. The number of anilines is 3. The third kappa shape index (κ3) is 5.94. The van der Waals surface area contributed by atoms with Gasteiger partial charge in [-0.3, -0.25) is 9.59 Å².